The van der Waals surface area contributed by atoms with Crippen molar-refractivity contribution in [2.45, 2.75) is 13.3 Å². The van der Waals surface area contributed by atoms with Crippen LogP contribution in [0.4, 0.5) is 5.82 Å². The van der Waals surface area contributed by atoms with Crippen LogP contribution in [0.2, 0.25) is 0 Å². The molecule has 0 aliphatic rings. The highest BCUT2D eigenvalue weighted by molar-refractivity contribution is 5.39. The third-order valence-corrected chi connectivity index (χ3v) is 1.23. The Balaban J connectivity index is 2.98. The number of aromatic nitrogens is 2. The predicted octanol–water partition coefficient (Wildman–Crippen LogP) is 1.37. The molecule has 1 heterocycles. The molecule has 1 aromatic rings. The van der Waals surface area contributed by atoms with E-state index in [1.807, 2.05) is 13.0 Å². The molecular weight excluding hydrogens is 126 g/mol. The van der Waals surface area contributed by atoms with Crippen LogP contribution >= 0.6 is 0 Å². The summed E-state index contributed by atoms with van der Waals surface area (Å²) in [6.45, 7) is 5.40. The monoisotopic (exact) mass is 135 g/mol. The van der Waals surface area contributed by atoms with Crippen LogP contribution in [-0.4, -0.2) is 16.7 Å². The molecule has 1 aromatic heterocycles. The van der Waals surface area contributed by atoms with Gasteiger partial charge in [0.1, 0.15) is 6.33 Å². The fourth-order valence-corrected chi connectivity index (χ4v) is 0.666. The molecule has 0 saturated heterocycles. The second kappa shape index (κ2) is 3.06. The second-order valence-corrected chi connectivity index (χ2v) is 1.88. The minimum atomic E-state index is 0.645. The second-order valence-electron chi connectivity index (χ2n) is 1.88. The maximum atomic E-state index is 4.01. The number of aryl methyl sites for hydroxylation is 1. The molecule has 0 atom stereocenters. The van der Waals surface area contributed by atoms with Crippen LogP contribution in [0.1, 0.15) is 12.6 Å². The molecule has 0 aromatic carbocycles. The maximum Gasteiger partial charge on any atom is 0.154 e. The molecule has 52 valence electrons. The van der Waals surface area contributed by atoms with E-state index in [0.29, 0.717) is 5.82 Å². The normalized spacial score (nSPS) is 9.30. The molecule has 0 amide bonds. The summed E-state index contributed by atoms with van der Waals surface area (Å²) >= 11 is 0. The van der Waals surface area contributed by atoms with Gasteiger partial charge in [-0.3, -0.25) is 0 Å². The first-order valence-corrected chi connectivity index (χ1v) is 3.14. The molecular formula is C7H9N3. The Hall–Kier alpha value is -1.25. The average molecular weight is 135 g/mol. The lowest BCUT2D eigenvalue weighted by Gasteiger charge is -1.93. The summed E-state index contributed by atoms with van der Waals surface area (Å²) in [7, 11) is 0. The summed E-state index contributed by atoms with van der Waals surface area (Å²) in [6.07, 6.45) is 2.41. The van der Waals surface area contributed by atoms with Crippen molar-refractivity contribution in [2.75, 3.05) is 0 Å². The maximum absolute atomic E-state index is 4.01. The van der Waals surface area contributed by atoms with Crippen LogP contribution in [0.5, 0.6) is 0 Å². The highest BCUT2D eigenvalue weighted by Gasteiger charge is 1.91. The molecule has 0 aliphatic heterocycles. The number of aliphatic imine (C=N–C) groups is 1. The van der Waals surface area contributed by atoms with Gasteiger partial charge in [0.2, 0.25) is 0 Å². The van der Waals surface area contributed by atoms with Crippen molar-refractivity contribution in [3.05, 3.63) is 18.1 Å². The van der Waals surface area contributed by atoms with Gasteiger partial charge in [-0.2, -0.15) is 0 Å². The van der Waals surface area contributed by atoms with Gasteiger partial charge in [0.25, 0.3) is 0 Å². The number of hydrogen-bond acceptors (Lipinski definition) is 3. The Kier molecular flexibility index (Phi) is 2.10. The number of nitrogens with zero attached hydrogens (tertiary/aromatic N) is 3. The van der Waals surface area contributed by atoms with Crippen molar-refractivity contribution in [3.63, 3.8) is 0 Å². The molecule has 3 heteroatoms. The lowest BCUT2D eigenvalue weighted by atomic mass is 10.3. The van der Waals surface area contributed by atoms with Crippen LogP contribution < -0.4 is 0 Å². The van der Waals surface area contributed by atoms with Crippen LogP contribution in [0.15, 0.2) is 17.4 Å². The molecule has 0 spiro atoms. The first kappa shape index (κ1) is 6.86. The molecule has 0 saturated carbocycles. The third-order valence-electron chi connectivity index (χ3n) is 1.23. The van der Waals surface area contributed by atoms with Gasteiger partial charge in [-0.1, -0.05) is 6.92 Å². The fraction of sp³-hybridized carbons (Fsp3) is 0.286. The summed E-state index contributed by atoms with van der Waals surface area (Å²) in [5, 5.41) is 0. The van der Waals surface area contributed by atoms with E-state index in [-0.39, 0.29) is 0 Å². The van der Waals surface area contributed by atoms with Crippen molar-refractivity contribution in [1.82, 2.24) is 9.97 Å². The lowest BCUT2D eigenvalue weighted by Crippen LogP contribution is -1.86. The van der Waals surface area contributed by atoms with Crippen molar-refractivity contribution in [1.29, 1.82) is 0 Å². The zero-order chi connectivity index (χ0) is 7.40. The average Bonchev–Trinajstić information content (AvgIpc) is 2.05. The van der Waals surface area contributed by atoms with E-state index < -0.39 is 0 Å². The molecule has 0 aliphatic carbocycles. The Bertz CT molecular complexity index is 232. The lowest BCUT2D eigenvalue weighted by molar-refractivity contribution is 0.997. The quantitative estimate of drug-likeness (QED) is 0.574. The van der Waals surface area contributed by atoms with Crippen molar-refractivity contribution in [2.24, 2.45) is 4.99 Å². The Morgan fingerprint density at radius 1 is 1.60 bits per heavy atom. The minimum absolute atomic E-state index is 0.645. The van der Waals surface area contributed by atoms with Crippen molar-refractivity contribution >= 4 is 12.5 Å². The fourth-order valence-electron chi connectivity index (χ4n) is 0.666. The number of hydrogen-bond donors (Lipinski definition) is 0. The SMILES string of the molecule is C=Nc1cc(CC)ncn1. The Labute approximate surface area is 59.9 Å². The van der Waals surface area contributed by atoms with E-state index in [0.717, 1.165) is 12.1 Å². The molecule has 0 unspecified atom stereocenters. The molecule has 0 bridgehead atoms. The van der Waals surface area contributed by atoms with Gasteiger partial charge < -0.3 is 0 Å². The summed E-state index contributed by atoms with van der Waals surface area (Å²) in [5.41, 5.74) is 0.998. The van der Waals surface area contributed by atoms with Crippen molar-refractivity contribution < 1.29 is 0 Å². The smallest absolute Gasteiger partial charge is 0.154 e. The van der Waals surface area contributed by atoms with Crippen LogP contribution in [0.25, 0.3) is 0 Å². The predicted molar refractivity (Wildman–Crippen MR) is 40.6 cm³/mol. The highest BCUT2D eigenvalue weighted by atomic mass is 14.9. The van der Waals surface area contributed by atoms with Gasteiger partial charge in [0, 0.05) is 11.8 Å². The molecule has 0 N–H and O–H groups in total. The van der Waals surface area contributed by atoms with Crippen LogP contribution in [0, 0.1) is 0 Å². The van der Waals surface area contributed by atoms with Gasteiger partial charge in [0.05, 0.1) is 0 Å². The molecule has 0 radical (unpaired) electrons. The first-order valence-electron chi connectivity index (χ1n) is 3.14. The molecule has 3 nitrogen and oxygen atoms in total. The molecule has 0 fully saturated rings. The Morgan fingerprint density at radius 3 is 3.00 bits per heavy atom. The topological polar surface area (TPSA) is 38.1 Å². The van der Waals surface area contributed by atoms with E-state index >= 15 is 0 Å². The summed E-state index contributed by atoms with van der Waals surface area (Å²) in [5.74, 6) is 0.645. The zero-order valence-corrected chi connectivity index (χ0v) is 5.91. The van der Waals surface area contributed by atoms with E-state index in [1.165, 1.54) is 6.33 Å². The highest BCUT2D eigenvalue weighted by Crippen LogP contribution is 2.05. The van der Waals surface area contributed by atoms with E-state index in [9.17, 15) is 0 Å². The van der Waals surface area contributed by atoms with E-state index in [1.54, 1.807) is 0 Å². The standard InChI is InChI=1S/C7H9N3/c1-3-6-4-7(8-2)10-5-9-6/h4-5H,2-3H2,1H3. The van der Waals surface area contributed by atoms with Crippen LogP contribution in [-0.2, 0) is 6.42 Å². The summed E-state index contributed by atoms with van der Waals surface area (Å²) < 4.78 is 0. The Morgan fingerprint density at radius 2 is 2.40 bits per heavy atom. The van der Waals surface area contributed by atoms with Gasteiger partial charge in [-0.15, -0.1) is 0 Å². The van der Waals surface area contributed by atoms with Gasteiger partial charge in [-0.05, 0) is 13.1 Å². The van der Waals surface area contributed by atoms with E-state index in [2.05, 4.69) is 21.7 Å². The largest absolute Gasteiger partial charge is 0.245 e. The molecule has 10 heavy (non-hydrogen) atoms. The minimum Gasteiger partial charge on any atom is -0.245 e. The zero-order valence-electron chi connectivity index (χ0n) is 5.91. The van der Waals surface area contributed by atoms with Crippen molar-refractivity contribution in [3.8, 4) is 0 Å². The first-order chi connectivity index (χ1) is 4.86. The summed E-state index contributed by atoms with van der Waals surface area (Å²) in [6, 6.07) is 1.83. The van der Waals surface area contributed by atoms with E-state index in [4.69, 9.17) is 0 Å². The van der Waals surface area contributed by atoms with Gasteiger partial charge in [-0.25, -0.2) is 15.0 Å². The van der Waals surface area contributed by atoms with Gasteiger partial charge in [0.15, 0.2) is 5.82 Å². The van der Waals surface area contributed by atoms with Gasteiger partial charge >= 0.3 is 0 Å². The summed E-state index contributed by atoms with van der Waals surface area (Å²) in [4.78, 5) is 11.6. The van der Waals surface area contributed by atoms with Crippen LogP contribution in [0.3, 0.4) is 0 Å². The third kappa shape index (κ3) is 1.37. The number of rotatable bonds is 2. The molecule has 1 rings (SSSR count).